The van der Waals surface area contributed by atoms with E-state index in [1.165, 1.54) is 60.7 Å². The fourth-order valence-electron chi connectivity index (χ4n) is 5.02. The van der Waals surface area contributed by atoms with Crippen LogP contribution in [0.4, 0.5) is 0 Å². The Morgan fingerprint density at radius 1 is 0.385 bits per heavy atom. The van der Waals surface area contributed by atoms with E-state index in [9.17, 15) is 29.1 Å². The molecular weight excluding hydrogens is 668 g/mol. The summed E-state index contributed by atoms with van der Waals surface area (Å²) in [6, 6.07) is 39.2. The van der Waals surface area contributed by atoms with E-state index < -0.39 is 67.5 Å². The van der Waals surface area contributed by atoms with Gasteiger partial charge in [0.25, 0.3) is 0 Å². The number of rotatable bonds is 15. The molecule has 0 saturated carbocycles. The minimum absolute atomic E-state index is 0.0666. The van der Waals surface area contributed by atoms with E-state index in [4.69, 9.17) is 23.7 Å². The summed E-state index contributed by atoms with van der Waals surface area (Å²) in [5.74, 6) is -4.51. The first kappa shape index (κ1) is 36.7. The lowest BCUT2D eigenvalue weighted by Crippen LogP contribution is -2.54. The fourth-order valence-corrected chi connectivity index (χ4v) is 5.02. The van der Waals surface area contributed by atoms with Gasteiger partial charge in [-0.25, -0.2) is 24.0 Å². The number of carbonyl (C=O) groups is 5. The number of benzene rings is 5. The summed E-state index contributed by atoms with van der Waals surface area (Å²) in [5.41, 5.74) is 0.514. The van der Waals surface area contributed by atoms with E-state index >= 15 is 0 Å². The zero-order valence-corrected chi connectivity index (χ0v) is 27.7. The van der Waals surface area contributed by atoms with Gasteiger partial charge in [-0.3, -0.25) is 0 Å². The third-order valence-electron chi connectivity index (χ3n) is 7.67. The molecule has 11 nitrogen and oxygen atoms in total. The van der Waals surface area contributed by atoms with Crippen LogP contribution in [-0.2, 0) is 23.7 Å². The van der Waals surface area contributed by atoms with E-state index in [-0.39, 0.29) is 27.8 Å². The Morgan fingerprint density at radius 3 is 0.981 bits per heavy atom. The highest BCUT2D eigenvalue weighted by Gasteiger charge is 2.45. The van der Waals surface area contributed by atoms with Gasteiger partial charge in [0, 0.05) is 0 Å². The predicted molar refractivity (Wildman–Crippen MR) is 186 cm³/mol. The third kappa shape index (κ3) is 9.99. The Morgan fingerprint density at radius 2 is 0.654 bits per heavy atom. The molecule has 0 radical (unpaired) electrons. The molecule has 0 amide bonds. The molecule has 0 heterocycles. The average Bonchev–Trinajstić information content (AvgIpc) is 3.21. The van der Waals surface area contributed by atoms with Crippen molar-refractivity contribution in [1.29, 1.82) is 0 Å². The Balaban J connectivity index is 1.59. The monoisotopic (exact) mass is 702 g/mol. The molecule has 0 aromatic heterocycles. The van der Waals surface area contributed by atoms with Crippen molar-refractivity contribution in [3.63, 3.8) is 0 Å². The normalized spacial score (nSPS) is 12.9. The van der Waals surface area contributed by atoms with E-state index in [1.807, 2.05) is 0 Å². The van der Waals surface area contributed by atoms with E-state index in [1.54, 1.807) is 91.0 Å². The standard InChI is InChI=1S/C41H34O11/c42-26-33(49-38(44)29-18-8-2-9-19-29)35(51-40(46)31-22-12-4-13-23-31)36(52-41(47)32-24-14-5-15-25-32)34(50-39(45)30-20-10-3-11-21-30)27-48-37(43)28-16-6-1-7-17-28/h1-25,33-36,42H,26-27H2/t33-,34+,35+,36+/m1/s1. The molecule has 5 aromatic rings. The topological polar surface area (TPSA) is 152 Å². The predicted octanol–water partition coefficient (Wildman–Crippen LogP) is 5.74. The third-order valence-corrected chi connectivity index (χ3v) is 7.67. The van der Waals surface area contributed by atoms with Crippen LogP contribution >= 0.6 is 0 Å². The SMILES string of the molecule is O=C(OC[C@H](OC(=O)c1ccccc1)[C@H](OC(=O)c1ccccc1)[C@@H](OC(=O)c1ccccc1)[C@@H](CO)OC(=O)c1ccccc1)c1ccccc1. The van der Waals surface area contributed by atoms with Crippen molar-refractivity contribution in [2.45, 2.75) is 24.4 Å². The molecule has 0 saturated heterocycles. The van der Waals surface area contributed by atoms with Crippen molar-refractivity contribution in [2.24, 2.45) is 0 Å². The molecule has 52 heavy (non-hydrogen) atoms. The molecule has 1 N–H and O–H groups in total. The molecule has 0 unspecified atom stereocenters. The maximum absolute atomic E-state index is 13.7. The Bertz CT molecular complexity index is 1920. The zero-order chi connectivity index (χ0) is 36.7. The summed E-state index contributed by atoms with van der Waals surface area (Å²) < 4.78 is 29.0. The fraction of sp³-hybridized carbons (Fsp3) is 0.146. The Hall–Kier alpha value is -6.59. The van der Waals surface area contributed by atoms with Crippen LogP contribution in [-0.4, -0.2) is 72.6 Å². The molecule has 264 valence electrons. The Labute approximate surface area is 299 Å². The summed E-state index contributed by atoms with van der Waals surface area (Å²) in [6.07, 6.45) is -7.05. The van der Waals surface area contributed by atoms with E-state index in [0.29, 0.717) is 0 Å². The van der Waals surface area contributed by atoms with Crippen LogP contribution in [0.3, 0.4) is 0 Å². The number of hydrogen-bond donors (Lipinski definition) is 1. The summed E-state index contributed by atoms with van der Waals surface area (Å²) in [7, 11) is 0. The second-order valence-electron chi connectivity index (χ2n) is 11.2. The van der Waals surface area contributed by atoms with Crippen molar-refractivity contribution in [3.8, 4) is 0 Å². The van der Waals surface area contributed by atoms with Crippen LogP contribution in [0.2, 0.25) is 0 Å². The summed E-state index contributed by atoms with van der Waals surface area (Å²) >= 11 is 0. The van der Waals surface area contributed by atoms with Gasteiger partial charge in [0.15, 0.2) is 24.4 Å². The molecule has 5 aromatic carbocycles. The van der Waals surface area contributed by atoms with Crippen molar-refractivity contribution in [3.05, 3.63) is 179 Å². The molecular formula is C41H34O11. The van der Waals surface area contributed by atoms with Crippen LogP contribution in [0.5, 0.6) is 0 Å². The number of carbonyl (C=O) groups excluding carboxylic acids is 5. The lowest BCUT2D eigenvalue weighted by Gasteiger charge is -2.35. The highest BCUT2D eigenvalue weighted by Crippen LogP contribution is 2.24. The second kappa shape index (κ2) is 18.4. The van der Waals surface area contributed by atoms with E-state index in [2.05, 4.69) is 0 Å². The molecule has 11 heteroatoms. The number of aliphatic hydroxyl groups excluding tert-OH is 1. The second-order valence-corrected chi connectivity index (χ2v) is 11.2. The first-order valence-corrected chi connectivity index (χ1v) is 16.2. The molecule has 0 fully saturated rings. The number of aliphatic hydroxyl groups is 1. The number of ether oxygens (including phenoxy) is 5. The number of esters is 5. The minimum atomic E-state index is -1.84. The molecule has 5 rings (SSSR count). The smallest absolute Gasteiger partial charge is 0.338 e. The van der Waals surface area contributed by atoms with E-state index in [0.717, 1.165) is 0 Å². The molecule has 4 atom stereocenters. The van der Waals surface area contributed by atoms with Crippen LogP contribution < -0.4 is 0 Å². The van der Waals surface area contributed by atoms with Crippen LogP contribution in [0.25, 0.3) is 0 Å². The van der Waals surface area contributed by atoms with Crippen molar-refractivity contribution < 1.29 is 52.8 Å². The zero-order valence-electron chi connectivity index (χ0n) is 27.7. The van der Waals surface area contributed by atoms with Crippen LogP contribution in [0.15, 0.2) is 152 Å². The molecule has 0 spiro atoms. The summed E-state index contributed by atoms with van der Waals surface area (Å²) in [6.45, 7) is -1.66. The largest absolute Gasteiger partial charge is 0.458 e. The average molecular weight is 703 g/mol. The maximum atomic E-state index is 13.7. The van der Waals surface area contributed by atoms with Gasteiger partial charge < -0.3 is 28.8 Å². The lowest BCUT2D eigenvalue weighted by molar-refractivity contribution is -0.137. The Kier molecular flexibility index (Phi) is 13.0. The van der Waals surface area contributed by atoms with Crippen molar-refractivity contribution >= 4 is 29.8 Å². The molecule has 0 aliphatic rings. The van der Waals surface area contributed by atoms with Gasteiger partial charge in [-0.2, -0.15) is 0 Å². The highest BCUT2D eigenvalue weighted by atomic mass is 16.6. The van der Waals surface area contributed by atoms with Crippen molar-refractivity contribution in [1.82, 2.24) is 0 Å². The van der Waals surface area contributed by atoms with Gasteiger partial charge in [-0.05, 0) is 60.7 Å². The van der Waals surface area contributed by atoms with Gasteiger partial charge in [-0.1, -0.05) is 91.0 Å². The first-order valence-electron chi connectivity index (χ1n) is 16.2. The summed E-state index contributed by atoms with van der Waals surface area (Å²) in [4.78, 5) is 67.3. The van der Waals surface area contributed by atoms with Gasteiger partial charge in [-0.15, -0.1) is 0 Å². The van der Waals surface area contributed by atoms with Crippen LogP contribution in [0, 0.1) is 0 Å². The highest BCUT2D eigenvalue weighted by molar-refractivity contribution is 5.92. The number of hydrogen-bond acceptors (Lipinski definition) is 11. The molecule has 0 aliphatic heterocycles. The quantitative estimate of drug-likeness (QED) is 0.105. The molecule has 0 aliphatic carbocycles. The van der Waals surface area contributed by atoms with Crippen LogP contribution in [0.1, 0.15) is 51.8 Å². The first-order chi connectivity index (χ1) is 25.3. The molecule has 0 bridgehead atoms. The van der Waals surface area contributed by atoms with Gasteiger partial charge in [0.2, 0.25) is 0 Å². The summed E-state index contributed by atoms with van der Waals surface area (Å²) in [5, 5.41) is 10.7. The van der Waals surface area contributed by atoms with Gasteiger partial charge >= 0.3 is 29.8 Å². The van der Waals surface area contributed by atoms with Gasteiger partial charge in [0.05, 0.1) is 34.4 Å². The maximum Gasteiger partial charge on any atom is 0.338 e. The lowest BCUT2D eigenvalue weighted by atomic mass is 10.0. The van der Waals surface area contributed by atoms with Gasteiger partial charge in [0.1, 0.15) is 6.61 Å². The minimum Gasteiger partial charge on any atom is -0.458 e. The van der Waals surface area contributed by atoms with Crippen molar-refractivity contribution in [2.75, 3.05) is 13.2 Å².